The SMILES string of the molecule is O=C1O[C@H]2[C@@H]3C[C@@H]4[C@@H]5C[C@H]([C@@H]14)[C@H]2[C@@H]53. The van der Waals surface area contributed by atoms with E-state index in [1.54, 1.807) is 0 Å². The number of carbonyl (C=O) groups excluding carboxylic acids is 1. The fourth-order valence-corrected chi connectivity index (χ4v) is 5.71. The van der Waals surface area contributed by atoms with Crippen molar-refractivity contribution >= 4 is 5.97 Å². The zero-order chi connectivity index (χ0) is 8.32. The monoisotopic (exact) mass is 176 g/mol. The highest BCUT2D eigenvalue weighted by Gasteiger charge is 2.78. The second-order valence-electron chi connectivity index (χ2n) is 5.71. The summed E-state index contributed by atoms with van der Waals surface area (Å²) < 4.78 is 5.53. The highest BCUT2D eigenvalue weighted by atomic mass is 16.5. The molecule has 5 aliphatic rings. The van der Waals surface area contributed by atoms with E-state index in [2.05, 4.69) is 0 Å². The van der Waals surface area contributed by atoms with E-state index in [-0.39, 0.29) is 5.97 Å². The quantitative estimate of drug-likeness (QED) is 0.516. The maximum Gasteiger partial charge on any atom is 0.309 e. The molecule has 0 radical (unpaired) electrons. The van der Waals surface area contributed by atoms with E-state index in [1.807, 2.05) is 0 Å². The molecule has 0 amide bonds. The lowest BCUT2D eigenvalue weighted by Gasteiger charge is -2.52. The Bertz CT molecular complexity index is 335. The maximum absolute atomic E-state index is 11.7. The molecule has 0 unspecified atom stereocenters. The van der Waals surface area contributed by atoms with Crippen LogP contribution < -0.4 is 0 Å². The summed E-state index contributed by atoms with van der Waals surface area (Å²) in [5, 5.41) is 0. The van der Waals surface area contributed by atoms with Crippen molar-refractivity contribution in [3.8, 4) is 0 Å². The van der Waals surface area contributed by atoms with Crippen LogP contribution in [0.15, 0.2) is 0 Å². The van der Waals surface area contributed by atoms with Crippen LogP contribution in [0.1, 0.15) is 12.8 Å². The number of carbonyl (C=O) groups is 1. The van der Waals surface area contributed by atoms with Crippen LogP contribution in [0.5, 0.6) is 0 Å². The molecule has 0 spiro atoms. The molecule has 0 aromatic carbocycles. The van der Waals surface area contributed by atoms with Gasteiger partial charge in [-0.25, -0.2) is 0 Å². The van der Waals surface area contributed by atoms with Gasteiger partial charge in [0, 0.05) is 11.8 Å². The van der Waals surface area contributed by atoms with Gasteiger partial charge in [-0.15, -0.1) is 0 Å². The van der Waals surface area contributed by atoms with Crippen molar-refractivity contribution in [2.75, 3.05) is 0 Å². The first kappa shape index (κ1) is 6.05. The third-order valence-corrected chi connectivity index (χ3v) is 5.81. The summed E-state index contributed by atoms with van der Waals surface area (Å²) in [5.74, 6) is 5.55. The van der Waals surface area contributed by atoms with Crippen molar-refractivity contribution in [2.45, 2.75) is 18.9 Å². The van der Waals surface area contributed by atoms with Gasteiger partial charge in [0.1, 0.15) is 6.10 Å². The number of rotatable bonds is 0. The first-order valence-corrected chi connectivity index (χ1v) is 5.57. The fourth-order valence-electron chi connectivity index (χ4n) is 5.71. The van der Waals surface area contributed by atoms with Crippen LogP contribution in [0, 0.1) is 41.4 Å². The lowest BCUT2D eigenvalue weighted by atomic mass is 9.58. The lowest BCUT2D eigenvalue weighted by molar-refractivity contribution is -0.203. The minimum absolute atomic E-state index is 0.166. The van der Waals surface area contributed by atoms with Gasteiger partial charge in [-0.2, -0.15) is 0 Å². The smallest absolute Gasteiger partial charge is 0.309 e. The summed E-state index contributed by atoms with van der Waals surface area (Å²) in [5.41, 5.74) is 0. The van der Waals surface area contributed by atoms with Crippen molar-refractivity contribution in [3.63, 3.8) is 0 Å². The zero-order valence-electron chi connectivity index (χ0n) is 7.35. The Morgan fingerprint density at radius 3 is 2.77 bits per heavy atom. The first-order valence-electron chi connectivity index (χ1n) is 5.57. The molecule has 68 valence electrons. The normalized spacial score (nSPS) is 74.3. The zero-order valence-corrected chi connectivity index (χ0v) is 7.35. The predicted octanol–water partition coefficient (Wildman–Crippen LogP) is 1.06. The predicted molar refractivity (Wildman–Crippen MR) is 43.5 cm³/mol. The van der Waals surface area contributed by atoms with Gasteiger partial charge in [-0.1, -0.05) is 0 Å². The van der Waals surface area contributed by atoms with E-state index in [4.69, 9.17) is 4.74 Å². The molecule has 2 bridgehead atoms. The Balaban J connectivity index is 1.82. The highest BCUT2D eigenvalue weighted by Crippen LogP contribution is 2.77. The molecule has 13 heavy (non-hydrogen) atoms. The molecular weight excluding hydrogens is 164 g/mol. The highest BCUT2D eigenvalue weighted by molar-refractivity contribution is 5.76. The average molecular weight is 176 g/mol. The molecule has 0 aromatic heterocycles. The topological polar surface area (TPSA) is 26.3 Å². The number of fused-ring (bicyclic) bond motifs is 2. The molecule has 2 nitrogen and oxygen atoms in total. The van der Waals surface area contributed by atoms with Gasteiger partial charge in [0.15, 0.2) is 0 Å². The third-order valence-electron chi connectivity index (χ3n) is 5.81. The number of esters is 1. The van der Waals surface area contributed by atoms with Crippen LogP contribution in [-0.2, 0) is 9.53 Å². The summed E-state index contributed by atoms with van der Waals surface area (Å²) >= 11 is 0. The molecular formula is C11H12O2. The number of hydrogen-bond acceptors (Lipinski definition) is 2. The Morgan fingerprint density at radius 1 is 1.00 bits per heavy atom. The van der Waals surface area contributed by atoms with Crippen LogP contribution in [-0.4, -0.2) is 12.1 Å². The van der Waals surface area contributed by atoms with E-state index in [0.717, 1.165) is 35.5 Å². The van der Waals surface area contributed by atoms with Crippen LogP contribution in [0.25, 0.3) is 0 Å². The molecule has 4 aliphatic carbocycles. The van der Waals surface area contributed by atoms with Gasteiger partial charge in [0.05, 0.1) is 5.92 Å². The first-order chi connectivity index (χ1) is 6.36. The van der Waals surface area contributed by atoms with Crippen LogP contribution in [0.2, 0.25) is 0 Å². The minimum atomic E-state index is 0.166. The largest absolute Gasteiger partial charge is 0.462 e. The maximum atomic E-state index is 11.7. The molecule has 1 heterocycles. The molecule has 1 saturated heterocycles. The molecule has 1 aliphatic heterocycles. The van der Waals surface area contributed by atoms with Gasteiger partial charge >= 0.3 is 5.97 Å². The van der Waals surface area contributed by atoms with Crippen LogP contribution in [0.4, 0.5) is 0 Å². The summed E-state index contributed by atoms with van der Waals surface area (Å²) in [7, 11) is 0. The van der Waals surface area contributed by atoms with Crippen molar-refractivity contribution in [1.82, 2.24) is 0 Å². The van der Waals surface area contributed by atoms with Gasteiger partial charge in [0.2, 0.25) is 0 Å². The van der Waals surface area contributed by atoms with Gasteiger partial charge < -0.3 is 4.74 Å². The Labute approximate surface area is 76.6 Å². The summed E-state index contributed by atoms with van der Waals surface area (Å²) in [6.07, 6.45) is 3.06. The van der Waals surface area contributed by atoms with Crippen molar-refractivity contribution in [3.05, 3.63) is 0 Å². The second kappa shape index (κ2) is 1.45. The lowest BCUT2D eigenvalue weighted by Crippen LogP contribution is -2.58. The fraction of sp³-hybridized carbons (Fsp3) is 0.909. The van der Waals surface area contributed by atoms with E-state index >= 15 is 0 Å². The van der Waals surface area contributed by atoms with Gasteiger partial charge in [0.25, 0.3) is 0 Å². The Morgan fingerprint density at radius 2 is 1.85 bits per heavy atom. The average Bonchev–Trinajstić information content (AvgIpc) is 2.57. The standard InChI is InChI=1S/C11H12O2/c12-11-8-4-2-6-7-3(4)1-5(8)9(7)10(6)13-11/h3-10H,1-2H2/t3-,4+,5+,6+,7-,8-,9-,10-/m0/s1. The molecule has 8 atom stereocenters. The number of hydrogen-bond donors (Lipinski definition) is 0. The summed E-state index contributed by atoms with van der Waals surface area (Å²) in [4.78, 5) is 11.7. The molecule has 0 N–H and O–H groups in total. The number of ether oxygens (including phenoxy) is 1. The molecule has 0 aromatic rings. The van der Waals surface area contributed by atoms with Crippen molar-refractivity contribution < 1.29 is 9.53 Å². The molecule has 5 fully saturated rings. The Hall–Kier alpha value is -0.530. The third kappa shape index (κ3) is 0.388. The van der Waals surface area contributed by atoms with Crippen molar-refractivity contribution in [1.29, 1.82) is 0 Å². The summed E-state index contributed by atoms with van der Waals surface area (Å²) in [6.45, 7) is 0. The van der Waals surface area contributed by atoms with E-state index < -0.39 is 0 Å². The molecule has 4 saturated carbocycles. The minimum Gasteiger partial charge on any atom is -0.462 e. The van der Waals surface area contributed by atoms with E-state index in [1.165, 1.54) is 12.8 Å². The van der Waals surface area contributed by atoms with Gasteiger partial charge in [-0.3, -0.25) is 4.79 Å². The second-order valence-corrected chi connectivity index (χ2v) is 5.71. The van der Waals surface area contributed by atoms with E-state index in [9.17, 15) is 4.79 Å². The Kier molecular flexibility index (Phi) is 0.674. The summed E-state index contributed by atoms with van der Waals surface area (Å²) in [6, 6.07) is 0. The van der Waals surface area contributed by atoms with Crippen LogP contribution >= 0.6 is 0 Å². The van der Waals surface area contributed by atoms with Crippen LogP contribution in [0.3, 0.4) is 0 Å². The van der Waals surface area contributed by atoms with E-state index in [0.29, 0.717) is 12.0 Å². The van der Waals surface area contributed by atoms with Crippen molar-refractivity contribution in [2.24, 2.45) is 41.4 Å². The molecule has 2 heteroatoms. The molecule has 5 rings (SSSR count). The van der Waals surface area contributed by atoms with Gasteiger partial charge in [-0.05, 0) is 36.5 Å².